The highest BCUT2D eigenvalue weighted by atomic mass is 16.5. The number of ether oxygens (including phenoxy) is 1. The standard InChI is InChI=1S/C19H18N2O3/c1-13-6-5-7-15(12-13)19(23)24-11-10-21-14(2)20-17-9-4-3-8-16(17)18(21)22/h3-9,12H,10-11H2,1-2H3. The molecule has 2 aromatic carbocycles. The zero-order valence-electron chi connectivity index (χ0n) is 13.7. The lowest BCUT2D eigenvalue weighted by molar-refractivity contribution is 0.0489. The highest BCUT2D eigenvalue weighted by Crippen LogP contribution is 2.08. The lowest BCUT2D eigenvalue weighted by Crippen LogP contribution is -2.26. The summed E-state index contributed by atoms with van der Waals surface area (Å²) in [7, 11) is 0. The van der Waals surface area contributed by atoms with E-state index in [1.807, 2.05) is 37.3 Å². The fourth-order valence-electron chi connectivity index (χ4n) is 2.63. The number of fused-ring (bicyclic) bond motifs is 1. The molecular weight excluding hydrogens is 304 g/mol. The van der Waals surface area contributed by atoms with Gasteiger partial charge in [-0.05, 0) is 38.1 Å². The Morgan fingerprint density at radius 3 is 2.71 bits per heavy atom. The number of hydrogen-bond donors (Lipinski definition) is 0. The van der Waals surface area contributed by atoms with Crippen molar-refractivity contribution in [3.05, 3.63) is 75.8 Å². The van der Waals surface area contributed by atoms with Crippen molar-refractivity contribution in [1.82, 2.24) is 9.55 Å². The van der Waals surface area contributed by atoms with Gasteiger partial charge in [-0.3, -0.25) is 9.36 Å². The van der Waals surface area contributed by atoms with Gasteiger partial charge >= 0.3 is 5.97 Å². The zero-order chi connectivity index (χ0) is 17.1. The first-order chi connectivity index (χ1) is 11.6. The van der Waals surface area contributed by atoms with Gasteiger partial charge in [-0.15, -0.1) is 0 Å². The van der Waals surface area contributed by atoms with Crippen molar-refractivity contribution in [1.29, 1.82) is 0 Å². The maximum absolute atomic E-state index is 12.5. The van der Waals surface area contributed by atoms with Crippen LogP contribution in [0.4, 0.5) is 0 Å². The first kappa shape index (κ1) is 15.9. The molecule has 0 unspecified atom stereocenters. The number of esters is 1. The average molecular weight is 322 g/mol. The monoisotopic (exact) mass is 322 g/mol. The van der Waals surface area contributed by atoms with Gasteiger partial charge in [-0.2, -0.15) is 0 Å². The largest absolute Gasteiger partial charge is 0.460 e. The zero-order valence-corrected chi connectivity index (χ0v) is 13.7. The van der Waals surface area contributed by atoms with E-state index in [4.69, 9.17) is 4.74 Å². The number of aryl methyl sites for hydroxylation is 2. The molecule has 0 amide bonds. The third-order valence-corrected chi connectivity index (χ3v) is 3.85. The van der Waals surface area contributed by atoms with Crippen LogP contribution in [0, 0.1) is 13.8 Å². The van der Waals surface area contributed by atoms with Crippen molar-refractivity contribution < 1.29 is 9.53 Å². The van der Waals surface area contributed by atoms with Crippen molar-refractivity contribution in [3.63, 3.8) is 0 Å². The Bertz CT molecular complexity index is 960. The van der Waals surface area contributed by atoms with Crippen LogP contribution in [-0.4, -0.2) is 22.1 Å². The van der Waals surface area contributed by atoms with E-state index >= 15 is 0 Å². The van der Waals surface area contributed by atoms with Crippen LogP contribution in [0.15, 0.2) is 53.3 Å². The number of carbonyl (C=O) groups excluding carboxylic acids is 1. The van der Waals surface area contributed by atoms with Crippen LogP contribution in [0.3, 0.4) is 0 Å². The molecule has 122 valence electrons. The van der Waals surface area contributed by atoms with E-state index in [9.17, 15) is 9.59 Å². The maximum atomic E-state index is 12.5. The first-order valence-electron chi connectivity index (χ1n) is 7.76. The highest BCUT2D eigenvalue weighted by molar-refractivity contribution is 5.89. The summed E-state index contributed by atoms with van der Waals surface area (Å²) in [6.45, 7) is 4.09. The summed E-state index contributed by atoms with van der Waals surface area (Å²) in [5, 5.41) is 0.563. The minimum absolute atomic E-state index is 0.119. The lowest BCUT2D eigenvalue weighted by atomic mass is 10.1. The van der Waals surface area contributed by atoms with Gasteiger partial charge in [0.05, 0.1) is 23.0 Å². The third-order valence-electron chi connectivity index (χ3n) is 3.85. The molecule has 3 rings (SSSR count). The van der Waals surface area contributed by atoms with Crippen LogP contribution in [0.25, 0.3) is 10.9 Å². The fourth-order valence-corrected chi connectivity index (χ4v) is 2.63. The molecule has 1 aromatic heterocycles. The first-order valence-corrected chi connectivity index (χ1v) is 7.76. The number of carbonyl (C=O) groups is 1. The van der Waals surface area contributed by atoms with E-state index in [2.05, 4.69) is 4.98 Å². The molecule has 0 aliphatic carbocycles. The summed E-state index contributed by atoms with van der Waals surface area (Å²) in [5.41, 5.74) is 2.06. The topological polar surface area (TPSA) is 61.2 Å². The Hall–Kier alpha value is -2.95. The van der Waals surface area contributed by atoms with Crippen LogP contribution in [0.1, 0.15) is 21.7 Å². The molecule has 0 spiro atoms. The summed E-state index contributed by atoms with van der Waals surface area (Å²) < 4.78 is 6.82. The lowest BCUT2D eigenvalue weighted by Gasteiger charge is -2.11. The Morgan fingerprint density at radius 2 is 1.92 bits per heavy atom. The van der Waals surface area contributed by atoms with Crippen molar-refractivity contribution in [2.24, 2.45) is 0 Å². The summed E-state index contributed by atoms with van der Waals surface area (Å²) in [5.74, 6) is 0.212. The van der Waals surface area contributed by atoms with Crippen LogP contribution in [-0.2, 0) is 11.3 Å². The predicted octanol–water partition coefficient (Wildman–Crippen LogP) is 2.87. The minimum atomic E-state index is -0.391. The number of rotatable bonds is 4. The second kappa shape index (κ2) is 6.66. The molecule has 0 N–H and O–H groups in total. The van der Waals surface area contributed by atoms with Gasteiger partial charge < -0.3 is 4.74 Å². The molecule has 0 fully saturated rings. The Morgan fingerprint density at radius 1 is 1.12 bits per heavy atom. The van der Waals surface area contributed by atoms with Crippen LogP contribution in [0.2, 0.25) is 0 Å². The van der Waals surface area contributed by atoms with Gasteiger partial charge in [-0.1, -0.05) is 29.8 Å². The van der Waals surface area contributed by atoms with Crippen molar-refractivity contribution in [3.8, 4) is 0 Å². The van der Waals surface area contributed by atoms with E-state index in [0.29, 0.717) is 22.3 Å². The average Bonchev–Trinajstić information content (AvgIpc) is 2.57. The van der Waals surface area contributed by atoms with Gasteiger partial charge in [0.2, 0.25) is 0 Å². The fraction of sp³-hybridized carbons (Fsp3) is 0.211. The number of aromatic nitrogens is 2. The number of hydrogen-bond acceptors (Lipinski definition) is 4. The smallest absolute Gasteiger partial charge is 0.338 e. The molecule has 0 aliphatic heterocycles. The summed E-state index contributed by atoms with van der Waals surface area (Å²) in [4.78, 5) is 29.0. The van der Waals surface area contributed by atoms with Gasteiger partial charge in [0.15, 0.2) is 0 Å². The molecule has 0 aliphatic rings. The van der Waals surface area contributed by atoms with E-state index in [-0.39, 0.29) is 18.7 Å². The number of para-hydroxylation sites is 1. The van der Waals surface area contributed by atoms with E-state index in [0.717, 1.165) is 5.56 Å². The van der Waals surface area contributed by atoms with E-state index < -0.39 is 5.97 Å². The van der Waals surface area contributed by atoms with Crippen LogP contribution in [0.5, 0.6) is 0 Å². The third kappa shape index (κ3) is 3.20. The highest BCUT2D eigenvalue weighted by Gasteiger charge is 2.10. The minimum Gasteiger partial charge on any atom is -0.460 e. The molecule has 5 nitrogen and oxygen atoms in total. The van der Waals surface area contributed by atoms with Gasteiger partial charge in [0, 0.05) is 0 Å². The van der Waals surface area contributed by atoms with Crippen molar-refractivity contribution in [2.45, 2.75) is 20.4 Å². The number of nitrogens with zero attached hydrogens (tertiary/aromatic N) is 2. The Balaban J connectivity index is 1.74. The van der Waals surface area contributed by atoms with Crippen molar-refractivity contribution in [2.75, 3.05) is 6.61 Å². The van der Waals surface area contributed by atoms with Gasteiger partial charge in [-0.25, -0.2) is 9.78 Å². The molecule has 0 bridgehead atoms. The van der Waals surface area contributed by atoms with Gasteiger partial charge in [0.25, 0.3) is 5.56 Å². The van der Waals surface area contributed by atoms with Crippen LogP contribution < -0.4 is 5.56 Å². The Kier molecular flexibility index (Phi) is 4.42. The second-order valence-electron chi connectivity index (χ2n) is 5.64. The predicted molar refractivity (Wildman–Crippen MR) is 92.2 cm³/mol. The Labute approximate surface area is 139 Å². The SMILES string of the molecule is Cc1cccc(C(=O)OCCn2c(C)nc3ccccc3c2=O)c1. The second-order valence-corrected chi connectivity index (χ2v) is 5.64. The molecule has 3 aromatic rings. The summed E-state index contributed by atoms with van der Waals surface area (Å²) in [6, 6.07) is 14.4. The van der Waals surface area contributed by atoms with E-state index in [1.54, 1.807) is 25.1 Å². The molecule has 5 heteroatoms. The van der Waals surface area contributed by atoms with Gasteiger partial charge in [0.1, 0.15) is 12.4 Å². The van der Waals surface area contributed by atoms with Crippen LogP contribution >= 0.6 is 0 Å². The molecule has 0 saturated heterocycles. The maximum Gasteiger partial charge on any atom is 0.338 e. The molecular formula is C19H18N2O3. The number of benzene rings is 2. The van der Waals surface area contributed by atoms with Crippen molar-refractivity contribution >= 4 is 16.9 Å². The summed E-state index contributed by atoms with van der Waals surface area (Å²) in [6.07, 6.45) is 0. The molecule has 0 atom stereocenters. The molecule has 24 heavy (non-hydrogen) atoms. The molecule has 0 saturated carbocycles. The quantitative estimate of drug-likeness (QED) is 0.693. The normalized spacial score (nSPS) is 10.8. The van der Waals surface area contributed by atoms with E-state index in [1.165, 1.54) is 4.57 Å². The molecule has 1 heterocycles. The summed E-state index contributed by atoms with van der Waals surface area (Å²) >= 11 is 0. The molecule has 0 radical (unpaired) electrons.